The first-order valence-corrected chi connectivity index (χ1v) is 8.45. The van der Waals surface area contributed by atoms with E-state index in [4.69, 9.17) is 4.74 Å². The van der Waals surface area contributed by atoms with Crippen molar-refractivity contribution in [2.45, 2.75) is 0 Å². The lowest BCUT2D eigenvalue weighted by molar-refractivity contribution is -0.383. The van der Waals surface area contributed by atoms with Gasteiger partial charge in [0.15, 0.2) is 0 Å². The highest BCUT2D eigenvalue weighted by Crippen LogP contribution is 2.30. The van der Waals surface area contributed by atoms with Gasteiger partial charge in [-0.05, 0) is 34.5 Å². The minimum Gasteiger partial charge on any atom is -0.496 e. The molecule has 0 aliphatic heterocycles. The molecule has 0 unspecified atom stereocenters. The van der Waals surface area contributed by atoms with Crippen LogP contribution in [0, 0.1) is 10.1 Å². The summed E-state index contributed by atoms with van der Waals surface area (Å²) in [4.78, 5) is 15.5. The fraction of sp³-hybridized carbons (Fsp3) is 0.0455. The van der Waals surface area contributed by atoms with Gasteiger partial charge in [0, 0.05) is 5.39 Å². The van der Waals surface area contributed by atoms with E-state index in [9.17, 15) is 10.1 Å². The van der Waals surface area contributed by atoms with E-state index in [1.165, 1.54) is 13.2 Å². The van der Waals surface area contributed by atoms with Gasteiger partial charge in [-0.3, -0.25) is 10.1 Å². The minimum atomic E-state index is -0.434. The highest BCUT2D eigenvalue weighted by atomic mass is 16.6. The van der Waals surface area contributed by atoms with Crippen molar-refractivity contribution in [3.63, 3.8) is 0 Å². The first-order chi connectivity index (χ1) is 13.2. The standard InChI is InChI=1S/C22H16N2O3/c1-27-19-13-17-10-12-18(23-22(17)21(14-19)24(25)26)11-9-16-7-4-6-15-5-2-3-8-20(15)16/h2-14H,1H3/b11-9+. The van der Waals surface area contributed by atoms with Gasteiger partial charge in [-0.1, -0.05) is 54.6 Å². The lowest BCUT2D eigenvalue weighted by Gasteiger charge is -2.05. The molecule has 0 amide bonds. The summed E-state index contributed by atoms with van der Waals surface area (Å²) in [5, 5.41) is 14.4. The van der Waals surface area contributed by atoms with Gasteiger partial charge < -0.3 is 4.74 Å². The van der Waals surface area contributed by atoms with Crippen LogP contribution in [0.3, 0.4) is 0 Å². The molecule has 4 rings (SSSR count). The summed E-state index contributed by atoms with van der Waals surface area (Å²) in [6.07, 6.45) is 3.85. The van der Waals surface area contributed by atoms with E-state index in [2.05, 4.69) is 23.2 Å². The van der Waals surface area contributed by atoms with Crippen LogP contribution in [0.1, 0.15) is 11.3 Å². The Kier molecular flexibility index (Phi) is 4.26. The van der Waals surface area contributed by atoms with Crippen molar-refractivity contribution < 1.29 is 9.66 Å². The van der Waals surface area contributed by atoms with Crippen LogP contribution in [0.15, 0.2) is 66.7 Å². The van der Waals surface area contributed by atoms with Crippen molar-refractivity contribution in [2.24, 2.45) is 0 Å². The molecule has 0 N–H and O–H groups in total. The molecular weight excluding hydrogens is 340 g/mol. The predicted octanol–water partition coefficient (Wildman–Crippen LogP) is 5.48. The molecule has 0 radical (unpaired) electrons. The molecule has 0 bridgehead atoms. The zero-order chi connectivity index (χ0) is 18.8. The number of benzene rings is 3. The molecule has 3 aromatic carbocycles. The van der Waals surface area contributed by atoms with Gasteiger partial charge in [0.05, 0.1) is 23.8 Å². The van der Waals surface area contributed by atoms with Gasteiger partial charge >= 0.3 is 0 Å². The van der Waals surface area contributed by atoms with Crippen LogP contribution in [0.4, 0.5) is 5.69 Å². The Hall–Kier alpha value is -3.73. The first-order valence-electron chi connectivity index (χ1n) is 8.45. The Morgan fingerprint density at radius 3 is 2.59 bits per heavy atom. The molecule has 0 atom stereocenters. The number of aromatic nitrogens is 1. The van der Waals surface area contributed by atoms with Crippen LogP contribution in [0.25, 0.3) is 33.8 Å². The average molecular weight is 356 g/mol. The van der Waals surface area contributed by atoms with E-state index < -0.39 is 4.92 Å². The summed E-state index contributed by atoms with van der Waals surface area (Å²) in [7, 11) is 1.49. The van der Waals surface area contributed by atoms with E-state index >= 15 is 0 Å². The molecular formula is C22H16N2O3. The van der Waals surface area contributed by atoms with E-state index in [0.29, 0.717) is 22.3 Å². The highest BCUT2D eigenvalue weighted by Gasteiger charge is 2.16. The lowest BCUT2D eigenvalue weighted by atomic mass is 10.0. The van der Waals surface area contributed by atoms with Crippen molar-refractivity contribution in [3.05, 3.63) is 88.1 Å². The van der Waals surface area contributed by atoms with Gasteiger partial charge in [-0.25, -0.2) is 4.98 Å². The molecule has 0 fully saturated rings. The maximum Gasteiger partial charge on any atom is 0.299 e. The van der Waals surface area contributed by atoms with Gasteiger partial charge in [-0.15, -0.1) is 0 Å². The molecule has 27 heavy (non-hydrogen) atoms. The number of fused-ring (bicyclic) bond motifs is 2. The molecule has 1 aromatic heterocycles. The van der Waals surface area contributed by atoms with Gasteiger partial charge in [0.2, 0.25) is 0 Å². The number of ether oxygens (including phenoxy) is 1. The molecule has 4 aromatic rings. The van der Waals surface area contributed by atoms with Gasteiger partial charge in [0.25, 0.3) is 5.69 Å². The molecule has 5 heteroatoms. The Bertz CT molecular complexity index is 1190. The van der Waals surface area contributed by atoms with E-state index in [0.717, 1.165) is 16.3 Å². The third-order valence-corrected chi connectivity index (χ3v) is 4.46. The SMILES string of the molecule is COc1cc([N+](=O)[O-])c2nc(/C=C/c3cccc4ccccc34)ccc2c1. The molecule has 132 valence electrons. The maximum absolute atomic E-state index is 11.4. The molecule has 1 heterocycles. The van der Waals surface area contributed by atoms with Crippen molar-refractivity contribution in [3.8, 4) is 5.75 Å². The second-order valence-electron chi connectivity index (χ2n) is 6.11. The molecule has 0 spiro atoms. The van der Waals surface area contributed by atoms with Crippen LogP contribution in [0.5, 0.6) is 5.75 Å². The fourth-order valence-electron chi connectivity index (χ4n) is 3.13. The molecule has 0 aliphatic carbocycles. The zero-order valence-corrected chi connectivity index (χ0v) is 14.6. The molecule has 0 saturated carbocycles. The van der Waals surface area contributed by atoms with Crippen LogP contribution in [-0.2, 0) is 0 Å². The molecule has 0 aliphatic rings. The predicted molar refractivity (Wildman–Crippen MR) is 108 cm³/mol. The van der Waals surface area contributed by atoms with Crippen LogP contribution < -0.4 is 4.74 Å². The Balaban J connectivity index is 1.79. The average Bonchev–Trinajstić information content (AvgIpc) is 2.71. The highest BCUT2D eigenvalue weighted by molar-refractivity contribution is 5.93. The van der Waals surface area contributed by atoms with Crippen molar-refractivity contribution >= 4 is 39.5 Å². The van der Waals surface area contributed by atoms with E-state index in [-0.39, 0.29) is 5.69 Å². The fourth-order valence-corrected chi connectivity index (χ4v) is 3.13. The number of hydrogen-bond acceptors (Lipinski definition) is 4. The summed E-state index contributed by atoms with van der Waals surface area (Å²) in [6.45, 7) is 0. The van der Waals surface area contributed by atoms with Crippen LogP contribution in [0.2, 0.25) is 0 Å². The largest absolute Gasteiger partial charge is 0.496 e. The third-order valence-electron chi connectivity index (χ3n) is 4.46. The minimum absolute atomic E-state index is 0.0650. The van der Waals surface area contributed by atoms with E-state index in [1.54, 1.807) is 6.07 Å². The van der Waals surface area contributed by atoms with Gasteiger partial charge in [-0.2, -0.15) is 0 Å². The lowest BCUT2D eigenvalue weighted by Crippen LogP contribution is -1.94. The summed E-state index contributed by atoms with van der Waals surface area (Å²) in [5.41, 5.74) is 2.01. The number of methoxy groups -OCH3 is 1. The topological polar surface area (TPSA) is 65.3 Å². The second kappa shape index (κ2) is 6.88. The number of rotatable bonds is 4. The Morgan fingerprint density at radius 2 is 1.78 bits per heavy atom. The normalized spacial score (nSPS) is 11.3. The Labute approximate surface area is 155 Å². The number of nitro groups is 1. The quantitative estimate of drug-likeness (QED) is 0.359. The second-order valence-corrected chi connectivity index (χ2v) is 6.11. The van der Waals surface area contributed by atoms with E-state index in [1.807, 2.05) is 48.6 Å². The number of nitro benzene ring substituents is 1. The Morgan fingerprint density at radius 1 is 0.963 bits per heavy atom. The van der Waals surface area contributed by atoms with Crippen molar-refractivity contribution in [2.75, 3.05) is 7.11 Å². The van der Waals surface area contributed by atoms with Crippen molar-refractivity contribution in [1.29, 1.82) is 0 Å². The smallest absolute Gasteiger partial charge is 0.299 e. The number of pyridine rings is 1. The summed E-state index contributed by atoms with van der Waals surface area (Å²) < 4.78 is 5.14. The monoisotopic (exact) mass is 356 g/mol. The van der Waals surface area contributed by atoms with Crippen LogP contribution in [-0.4, -0.2) is 17.0 Å². The number of non-ortho nitro benzene ring substituents is 1. The summed E-state index contributed by atoms with van der Waals surface area (Å²) >= 11 is 0. The summed E-state index contributed by atoms with van der Waals surface area (Å²) in [5.74, 6) is 0.440. The van der Waals surface area contributed by atoms with Crippen LogP contribution >= 0.6 is 0 Å². The first kappa shape index (κ1) is 16.7. The zero-order valence-electron chi connectivity index (χ0n) is 14.6. The van der Waals surface area contributed by atoms with Gasteiger partial charge in [0.1, 0.15) is 11.3 Å². The maximum atomic E-state index is 11.4. The molecule has 5 nitrogen and oxygen atoms in total. The summed E-state index contributed by atoms with van der Waals surface area (Å²) in [6, 6.07) is 21.1. The number of nitrogens with zero attached hydrogens (tertiary/aromatic N) is 2. The third kappa shape index (κ3) is 3.22. The van der Waals surface area contributed by atoms with Crippen molar-refractivity contribution in [1.82, 2.24) is 4.98 Å². The molecule has 0 saturated heterocycles. The number of hydrogen-bond donors (Lipinski definition) is 0.